The molecule has 3 rings (SSSR count). The second kappa shape index (κ2) is 13.8. The van der Waals surface area contributed by atoms with Crippen LogP contribution in [0.5, 0.6) is 0 Å². The maximum Gasteiger partial charge on any atom is 0.243 e. The van der Waals surface area contributed by atoms with Gasteiger partial charge in [-0.25, -0.2) is 0 Å². The van der Waals surface area contributed by atoms with Gasteiger partial charge in [-0.1, -0.05) is 76.2 Å². The topological polar surface area (TPSA) is 129 Å². The molecule has 3 aromatic rings. The first kappa shape index (κ1) is 28.9. The molecule has 2 aromatic carbocycles. The number of nitrogens with one attached hydrogen (secondary N) is 4. The average molecular weight is 520 g/mol. The van der Waals surface area contributed by atoms with Gasteiger partial charge >= 0.3 is 0 Å². The number of benzene rings is 2. The summed E-state index contributed by atoms with van der Waals surface area (Å²) in [6.07, 6.45) is 3.08. The predicted molar refractivity (Wildman–Crippen MR) is 151 cm³/mol. The second-order valence-corrected chi connectivity index (χ2v) is 10.8. The lowest BCUT2D eigenvalue weighted by Crippen LogP contribution is -2.56. The fourth-order valence-corrected chi connectivity index (χ4v) is 4.51. The van der Waals surface area contributed by atoms with Gasteiger partial charge in [0.2, 0.25) is 17.7 Å². The third kappa shape index (κ3) is 8.45. The Morgan fingerprint density at radius 1 is 0.789 bits per heavy atom. The van der Waals surface area contributed by atoms with Crippen LogP contribution in [0.15, 0.2) is 60.8 Å². The molecule has 0 bridgehead atoms. The molecule has 0 aliphatic carbocycles. The van der Waals surface area contributed by atoms with Gasteiger partial charge in [0.05, 0.1) is 6.04 Å². The maximum atomic E-state index is 13.6. The molecule has 0 fully saturated rings. The number of H-pyrrole nitrogens is 1. The number of hydrogen-bond acceptors (Lipinski definition) is 4. The van der Waals surface area contributed by atoms with E-state index in [-0.39, 0.29) is 30.1 Å². The zero-order valence-corrected chi connectivity index (χ0v) is 22.8. The summed E-state index contributed by atoms with van der Waals surface area (Å²) in [4.78, 5) is 42.9. The van der Waals surface area contributed by atoms with Gasteiger partial charge in [-0.15, -0.1) is 0 Å². The minimum Gasteiger partial charge on any atom is -0.361 e. The molecule has 0 saturated heterocycles. The Balaban J connectivity index is 1.78. The van der Waals surface area contributed by atoms with Crippen molar-refractivity contribution in [2.24, 2.45) is 17.6 Å². The van der Waals surface area contributed by atoms with Crippen LogP contribution < -0.4 is 21.7 Å². The first-order chi connectivity index (χ1) is 18.1. The fourth-order valence-electron chi connectivity index (χ4n) is 4.51. The van der Waals surface area contributed by atoms with Crippen molar-refractivity contribution in [1.29, 1.82) is 0 Å². The van der Waals surface area contributed by atoms with Crippen molar-refractivity contribution >= 4 is 28.6 Å². The van der Waals surface area contributed by atoms with E-state index in [0.29, 0.717) is 19.4 Å². The molecule has 8 heteroatoms. The van der Waals surface area contributed by atoms with Gasteiger partial charge in [-0.3, -0.25) is 14.4 Å². The summed E-state index contributed by atoms with van der Waals surface area (Å²) >= 11 is 0. The van der Waals surface area contributed by atoms with Crippen molar-refractivity contribution < 1.29 is 14.4 Å². The molecule has 204 valence electrons. The molecule has 0 unspecified atom stereocenters. The van der Waals surface area contributed by atoms with Crippen LogP contribution in [-0.4, -0.2) is 40.8 Å². The summed E-state index contributed by atoms with van der Waals surface area (Å²) in [6, 6.07) is 15.1. The molecular formula is C30H41N5O3. The molecule has 1 aromatic heterocycles. The van der Waals surface area contributed by atoms with Gasteiger partial charge in [-0.05, 0) is 41.9 Å². The SMILES string of the molecule is CC(C)C[C@@H](N)C(=O)N[C@@H](Cc1c[nH]c2ccccc12)C(=O)N[C@@H](CC(C)C)C(=O)NCc1ccccc1. The van der Waals surface area contributed by atoms with E-state index in [0.717, 1.165) is 22.0 Å². The summed E-state index contributed by atoms with van der Waals surface area (Å²) in [7, 11) is 0. The Morgan fingerprint density at radius 3 is 2.11 bits per heavy atom. The van der Waals surface area contributed by atoms with Crippen molar-refractivity contribution in [1.82, 2.24) is 20.9 Å². The van der Waals surface area contributed by atoms with E-state index in [1.165, 1.54) is 0 Å². The highest BCUT2D eigenvalue weighted by Gasteiger charge is 2.29. The number of carbonyl (C=O) groups excluding carboxylic acids is 3. The highest BCUT2D eigenvalue weighted by Crippen LogP contribution is 2.19. The summed E-state index contributed by atoms with van der Waals surface area (Å²) in [5.74, 6) is -0.651. The van der Waals surface area contributed by atoms with Gasteiger partial charge in [0.1, 0.15) is 12.1 Å². The Hall–Kier alpha value is -3.65. The van der Waals surface area contributed by atoms with E-state index in [9.17, 15) is 14.4 Å². The van der Waals surface area contributed by atoms with Crippen LogP contribution >= 0.6 is 0 Å². The summed E-state index contributed by atoms with van der Waals surface area (Å²) < 4.78 is 0. The number of fused-ring (bicyclic) bond motifs is 1. The molecule has 0 saturated carbocycles. The number of aromatic amines is 1. The highest BCUT2D eigenvalue weighted by atomic mass is 16.2. The first-order valence-corrected chi connectivity index (χ1v) is 13.4. The van der Waals surface area contributed by atoms with Crippen molar-refractivity contribution in [3.63, 3.8) is 0 Å². The molecule has 6 N–H and O–H groups in total. The summed E-state index contributed by atoms with van der Waals surface area (Å²) in [6.45, 7) is 8.35. The number of amides is 3. The molecule has 38 heavy (non-hydrogen) atoms. The molecule has 0 aliphatic rings. The van der Waals surface area contributed by atoms with Crippen molar-refractivity contribution in [2.75, 3.05) is 0 Å². The smallest absolute Gasteiger partial charge is 0.243 e. The molecular weight excluding hydrogens is 478 g/mol. The molecule has 8 nitrogen and oxygen atoms in total. The van der Waals surface area contributed by atoms with Crippen molar-refractivity contribution in [3.05, 3.63) is 71.9 Å². The number of hydrogen-bond donors (Lipinski definition) is 5. The third-order valence-electron chi connectivity index (χ3n) is 6.44. The van der Waals surface area contributed by atoms with Crippen LogP contribution in [0, 0.1) is 11.8 Å². The monoisotopic (exact) mass is 519 g/mol. The molecule has 3 amide bonds. The van der Waals surface area contributed by atoms with Crippen LogP contribution in [0.1, 0.15) is 51.7 Å². The molecule has 0 spiro atoms. The van der Waals surface area contributed by atoms with Gasteiger partial charge in [0.15, 0.2) is 0 Å². The van der Waals surface area contributed by atoms with Crippen LogP contribution in [0.4, 0.5) is 0 Å². The van der Waals surface area contributed by atoms with Gasteiger partial charge in [0, 0.05) is 30.1 Å². The second-order valence-electron chi connectivity index (χ2n) is 10.8. The van der Waals surface area contributed by atoms with Crippen LogP contribution in [0.25, 0.3) is 10.9 Å². The average Bonchev–Trinajstić information content (AvgIpc) is 3.29. The lowest BCUT2D eigenvalue weighted by atomic mass is 9.99. The van der Waals surface area contributed by atoms with E-state index >= 15 is 0 Å². The number of carbonyl (C=O) groups is 3. The largest absolute Gasteiger partial charge is 0.361 e. The Bertz CT molecular complexity index is 1200. The van der Waals surface area contributed by atoms with Crippen LogP contribution in [-0.2, 0) is 27.3 Å². The van der Waals surface area contributed by atoms with E-state index in [2.05, 4.69) is 20.9 Å². The summed E-state index contributed by atoms with van der Waals surface area (Å²) in [5, 5.41) is 9.68. The number of para-hydroxylation sites is 1. The third-order valence-corrected chi connectivity index (χ3v) is 6.44. The fraction of sp³-hybridized carbons (Fsp3) is 0.433. The molecule has 1 heterocycles. The molecule has 0 aliphatic heterocycles. The minimum atomic E-state index is -0.892. The van der Waals surface area contributed by atoms with Gasteiger partial charge in [-0.2, -0.15) is 0 Å². The van der Waals surface area contributed by atoms with E-state index in [1.54, 1.807) is 0 Å². The Morgan fingerprint density at radius 2 is 1.42 bits per heavy atom. The normalized spacial score (nSPS) is 13.8. The lowest BCUT2D eigenvalue weighted by molar-refractivity contribution is -0.132. The van der Waals surface area contributed by atoms with E-state index in [4.69, 9.17) is 5.73 Å². The van der Waals surface area contributed by atoms with Gasteiger partial charge in [0.25, 0.3) is 0 Å². The highest BCUT2D eigenvalue weighted by molar-refractivity contribution is 5.94. The van der Waals surface area contributed by atoms with Gasteiger partial charge < -0.3 is 26.7 Å². The Kier molecular flexibility index (Phi) is 10.5. The van der Waals surface area contributed by atoms with Crippen LogP contribution in [0.3, 0.4) is 0 Å². The molecule has 3 atom stereocenters. The Labute approximate surface area is 225 Å². The van der Waals surface area contributed by atoms with Crippen molar-refractivity contribution in [3.8, 4) is 0 Å². The standard InChI is InChI=1S/C30H41N5O3/c1-19(2)14-24(31)28(36)34-27(16-22-18-32-25-13-9-8-12-23(22)25)30(38)35-26(15-20(3)4)29(37)33-17-21-10-6-5-7-11-21/h5-13,18-20,24,26-27,32H,14-17,31H2,1-4H3,(H,33,37)(H,34,36)(H,35,38)/t24-,26+,27+/m1/s1. The first-order valence-electron chi connectivity index (χ1n) is 13.4. The quantitative estimate of drug-likeness (QED) is 0.237. The molecule has 0 radical (unpaired) electrons. The maximum absolute atomic E-state index is 13.6. The lowest BCUT2D eigenvalue weighted by Gasteiger charge is -2.25. The predicted octanol–water partition coefficient (Wildman–Crippen LogP) is 3.42. The number of rotatable bonds is 13. The van der Waals surface area contributed by atoms with E-state index in [1.807, 2.05) is 88.5 Å². The number of nitrogens with two attached hydrogens (primary N) is 1. The zero-order chi connectivity index (χ0) is 27.7. The zero-order valence-electron chi connectivity index (χ0n) is 22.8. The van der Waals surface area contributed by atoms with Crippen LogP contribution in [0.2, 0.25) is 0 Å². The summed E-state index contributed by atoms with van der Waals surface area (Å²) in [5.41, 5.74) is 8.94. The van der Waals surface area contributed by atoms with Crippen molar-refractivity contribution in [2.45, 2.75) is 71.6 Å². The minimum absolute atomic E-state index is 0.170. The van der Waals surface area contributed by atoms with E-state index < -0.39 is 24.0 Å². The number of aromatic nitrogens is 1.